The Morgan fingerprint density at radius 1 is 0.535 bits per heavy atom. The normalized spacial score (nSPS) is 13.7. The van der Waals surface area contributed by atoms with Crippen LogP contribution < -0.4 is 0 Å². The van der Waals surface area contributed by atoms with E-state index in [1.807, 2.05) is 30.3 Å². The van der Waals surface area contributed by atoms with Crippen LogP contribution in [0.1, 0.15) is 76.8 Å². The molecule has 0 fully saturated rings. The number of allylic oxidation sites excluding steroid dienone is 5. The minimum Gasteiger partial charge on any atom is -0.455 e. The lowest BCUT2D eigenvalue weighted by Crippen LogP contribution is -2.15. The van der Waals surface area contributed by atoms with Crippen molar-refractivity contribution in [2.45, 2.75) is 66.2 Å². The lowest BCUT2D eigenvalue weighted by molar-refractivity contribution is 0.483. The van der Waals surface area contributed by atoms with Crippen LogP contribution in [0.15, 0.2) is 186 Å². The number of hydrogen-bond donors (Lipinski definition) is 0. The van der Waals surface area contributed by atoms with Gasteiger partial charge in [0.05, 0.1) is 16.8 Å². The van der Waals surface area contributed by atoms with E-state index in [4.69, 9.17) is 19.4 Å². The summed E-state index contributed by atoms with van der Waals surface area (Å²) in [7, 11) is 0. The molecule has 0 aliphatic heterocycles. The molecule has 0 radical (unpaired) electrons. The summed E-state index contributed by atoms with van der Waals surface area (Å²) >= 11 is 0. The first-order valence-electron chi connectivity index (χ1n) is 24.8. The molecule has 0 bridgehead atoms. The molecule has 0 spiro atoms. The fourth-order valence-electron chi connectivity index (χ4n) is 10.5. The molecule has 12 rings (SSSR count). The number of aromatic nitrogens is 4. The molecule has 2 aliphatic rings. The van der Waals surface area contributed by atoms with E-state index in [0.717, 1.165) is 90.5 Å². The molecule has 10 aromatic rings. The number of benzene rings is 7. The van der Waals surface area contributed by atoms with Gasteiger partial charge in [-0.05, 0) is 94.0 Å². The molecule has 3 aromatic heterocycles. The Morgan fingerprint density at radius 2 is 1.20 bits per heavy atom. The molecule has 0 amide bonds. The standard InChI is InChI=1S/C66H54N4O/c1-65(2,3)48-34-36-57-55(40-48)56-41-49(66(4,5)6)35-37-58(56)70(57)60-53(44-22-11-7-8-12-23-44)38-47(39-54(60)45-24-15-10-16-25-45)63-67-62(46-32-30-43(31-33-46)42-20-13-9-14-21-42)68-64(69-63)52-28-19-27-51-50-26-17-18-29-59(50)71-61(51)52/h7,9-11,13-22,24-34,36,38-41H,23,35,37H2,1-6H3. The van der Waals surface area contributed by atoms with E-state index in [9.17, 15) is 0 Å². The van der Waals surface area contributed by atoms with Crippen LogP contribution in [-0.2, 0) is 11.8 Å². The summed E-state index contributed by atoms with van der Waals surface area (Å²) in [4.78, 5) is 16.1. The van der Waals surface area contributed by atoms with E-state index in [0.29, 0.717) is 23.9 Å². The predicted octanol–water partition coefficient (Wildman–Crippen LogP) is 17.1. The third kappa shape index (κ3) is 8.00. The molecule has 0 saturated carbocycles. The van der Waals surface area contributed by atoms with Crippen LogP contribution in [0.2, 0.25) is 0 Å². The van der Waals surface area contributed by atoms with Gasteiger partial charge >= 0.3 is 0 Å². The van der Waals surface area contributed by atoms with Crippen LogP contribution in [0.5, 0.6) is 0 Å². The van der Waals surface area contributed by atoms with E-state index in [1.54, 1.807) is 0 Å². The molecule has 0 saturated heterocycles. The van der Waals surface area contributed by atoms with Crippen molar-refractivity contribution in [3.8, 4) is 73.9 Å². The lowest BCUT2D eigenvalue weighted by Gasteiger charge is -2.28. The highest BCUT2D eigenvalue weighted by atomic mass is 16.3. The highest BCUT2D eigenvalue weighted by Gasteiger charge is 2.30. The van der Waals surface area contributed by atoms with Crippen molar-refractivity contribution >= 4 is 44.5 Å². The summed E-state index contributed by atoms with van der Waals surface area (Å²) in [5, 5.41) is 3.35. The van der Waals surface area contributed by atoms with E-state index in [-0.39, 0.29) is 10.8 Å². The largest absolute Gasteiger partial charge is 0.455 e. The zero-order valence-electron chi connectivity index (χ0n) is 41.1. The Morgan fingerprint density at radius 3 is 1.96 bits per heavy atom. The SMILES string of the molecule is CC(C)(C)C1=Cc2c(n(-c3c(C4=CC=CC#CC4)cc(-c4nc(-c5ccc(-c6ccccc6)cc5)nc(-c5cccc6c5oc5ccccc56)n4)cc3-c3ccccc3)c3ccc(C(C)(C)C)cc23)CC1. The Balaban J connectivity index is 1.15. The summed E-state index contributed by atoms with van der Waals surface area (Å²) in [5.41, 5.74) is 18.6. The molecule has 5 heteroatoms. The van der Waals surface area contributed by atoms with E-state index < -0.39 is 0 Å². The van der Waals surface area contributed by atoms with Crippen molar-refractivity contribution in [1.82, 2.24) is 19.5 Å². The first-order valence-corrected chi connectivity index (χ1v) is 24.8. The van der Waals surface area contributed by atoms with Crippen molar-refractivity contribution in [3.05, 3.63) is 204 Å². The first kappa shape index (κ1) is 43.9. The van der Waals surface area contributed by atoms with Gasteiger partial charge in [-0.25, -0.2) is 15.0 Å². The smallest absolute Gasteiger partial charge is 0.167 e. The molecule has 3 heterocycles. The maximum Gasteiger partial charge on any atom is 0.167 e. The summed E-state index contributed by atoms with van der Waals surface area (Å²) in [6.45, 7) is 13.9. The zero-order chi connectivity index (χ0) is 48.4. The van der Waals surface area contributed by atoms with Gasteiger partial charge in [0.25, 0.3) is 0 Å². The van der Waals surface area contributed by atoms with Gasteiger partial charge in [-0.15, -0.1) is 0 Å². The zero-order valence-corrected chi connectivity index (χ0v) is 41.1. The highest BCUT2D eigenvalue weighted by Crippen LogP contribution is 2.47. The predicted molar refractivity (Wildman–Crippen MR) is 295 cm³/mol. The second kappa shape index (κ2) is 17.3. The van der Waals surface area contributed by atoms with E-state index in [2.05, 4.69) is 210 Å². The molecule has 0 atom stereocenters. The van der Waals surface area contributed by atoms with Gasteiger partial charge in [-0.2, -0.15) is 0 Å². The monoisotopic (exact) mass is 918 g/mol. The van der Waals surface area contributed by atoms with Crippen LogP contribution in [0.4, 0.5) is 0 Å². The number of rotatable bonds is 7. The van der Waals surface area contributed by atoms with E-state index in [1.165, 1.54) is 33.3 Å². The third-order valence-electron chi connectivity index (χ3n) is 14.3. The fourth-order valence-corrected chi connectivity index (χ4v) is 10.5. The first-order chi connectivity index (χ1) is 34.5. The Bertz CT molecular complexity index is 3890. The Kier molecular flexibility index (Phi) is 10.7. The van der Waals surface area contributed by atoms with Crippen LogP contribution in [0.3, 0.4) is 0 Å². The molecule has 71 heavy (non-hydrogen) atoms. The van der Waals surface area contributed by atoms with Crippen LogP contribution in [0, 0.1) is 17.3 Å². The average molecular weight is 919 g/mol. The summed E-state index contributed by atoms with van der Waals surface area (Å²) in [6.07, 6.45) is 11.2. The molecule has 0 N–H and O–H groups in total. The number of nitrogens with zero attached hydrogens (tertiary/aromatic N) is 4. The highest BCUT2D eigenvalue weighted by molar-refractivity contribution is 6.09. The molecule has 5 nitrogen and oxygen atoms in total. The maximum atomic E-state index is 6.64. The molecule has 344 valence electrons. The minimum atomic E-state index is -0.0191. The second-order valence-electron chi connectivity index (χ2n) is 21.0. The van der Waals surface area contributed by atoms with Crippen molar-refractivity contribution in [1.29, 1.82) is 0 Å². The van der Waals surface area contributed by atoms with Crippen molar-refractivity contribution in [3.63, 3.8) is 0 Å². The Hall–Kier alpha value is -8.33. The van der Waals surface area contributed by atoms with Gasteiger partial charge < -0.3 is 8.98 Å². The molecule has 0 unspecified atom stereocenters. The number of furan rings is 1. The second-order valence-corrected chi connectivity index (χ2v) is 21.0. The summed E-state index contributed by atoms with van der Waals surface area (Å²) in [6, 6.07) is 55.9. The molecular weight excluding hydrogens is 865 g/mol. The number of hydrogen-bond acceptors (Lipinski definition) is 4. The Labute approximate surface area is 416 Å². The summed E-state index contributed by atoms with van der Waals surface area (Å²) in [5.74, 6) is 8.41. The summed E-state index contributed by atoms with van der Waals surface area (Å²) < 4.78 is 9.22. The topological polar surface area (TPSA) is 56.7 Å². The maximum absolute atomic E-state index is 6.64. The molecule has 7 aromatic carbocycles. The van der Waals surface area contributed by atoms with Crippen LogP contribution in [0.25, 0.3) is 107 Å². The molecular formula is C66H54N4O. The van der Waals surface area contributed by atoms with Gasteiger partial charge in [-0.3, -0.25) is 0 Å². The van der Waals surface area contributed by atoms with Crippen LogP contribution in [-0.4, -0.2) is 19.5 Å². The minimum absolute atomic E-state index is 0.0191. The third-order valence-corrected chi connectivity index (χ3v) is 14.3. The van der Waals surface area contributed by atoms with Gasteiger partial charge in [0.1, 0.15) is 11.2 Å². The van der Waals surface area contributed by atoms with Gasteiger partial charge in [0.15, 0.2) is 17.5 Å². The number of fused-ring (bicyclic) bond motifs is 6. The fraction of sp³-hybridized carbons (Fsp3) is 0.167. The van der Waals surface area contributed by atoms with E-state index >= 15 is 0 Å². The van der Waals surface area contributed by atoms with Crippen molar-refractivity contribution in [2.24, 2.45) is 5.41 Å². The van der Waals surface area contributed by atoms with Crippen LogP contribution >= 0.6 is 0 Å². The number of para-hydroxylation sites is 2. The van der Waals surface area contributed by atoms with Gasteiger partial charge in [0.2, 0.25) is 0 Å². The lowest BCUT2D eigenvalue weighted by atomic mass is 9.79. The average Bonchev–Trinajstić information content (AvgIpc) is 3.80. The van der Waals surface area contributed by atoms with Crippen molar-refractivity contribution < 1.29 is 4.42 Å². The van der Waals surface area contributed by atoms with Gasteiger partial charge in [0, 0.05) is 56.1 Å². The van der Waals surface area contributed by atoms with Crippen molar-refractivity contribution in [2.75, 3.05) is 0 Å². The quantitative estimate of drug-likeness (QED) is 0.149. The molecule has 2 aliphatic carbocycles. The van der Waals surface area contributed by atoms with Gasteiger partial charge in [-0.1, -0.05) is 199 Å².